The molecule has 1 aromatic rings. The summed E-state index contributed by atoms with van der Waals surface area (Å²) in [5, 5.41) is 0. The van der Waals surface area contributed by atoms with Crippen LogP contribution < -0.4 is 9.47 Å². The molecule has 1 fully saturated rings. The van der Waals surface area contributed by atoms with Crippen LogP contribution in [-0.4, -0.2) is 16.7 Å². The van der Waals surface area contributed by atoms with Crippen molar-refractivity contribution in [1.82, 2.24) is 4.98 Å². The number of rotatable bonds is 3. The van der Waals surface area contributed by atoms with Gasteiger partial charge in [-0.25, -0.2) is 4.98 Å². The van der Waals surface area contributed by atoms with Crippen molar-refractivity contribution in [2.24, 2.45) is 0 Å². The van der Waals surface area contributed by atoms with Crippen LogP contribution in [0, 0.1) is 6.92 Å². The minimum absolute atomic E-state index is 0.248. The molecule has 0 N–H and O–H groups in total. The highest BCUT2D eigenvalue weighted by atomic mass is 16.5. The van der Waals surface area contributed by atoms with E-state index in [2.05, 4.69) is 4.98 Å². The van der Waals surface area contributed by atoms with Crippen LogP contribution in [0.5, 0.6) is 11.6 Å². The predicted molar refractivity (Wildman–Crippen MR) is 63.0 cm³/mol. The van der Waals surface area contributed by atoms with Crippen molar-refractivity contribution >= 4 is 0 Å². The summed E-state index contributed by atoms with van der Waals surface area (Å²) < 4.78 is 11.6. The van der Waals surface area contributed by atoms with Crippen LogP contribution in [0.1, 0.15) is 39.3 Å². The van der Waals surface area contributed by atoms with Gasteiger partial charge in [-0.15, -0.1) is 0 Å². The number of nitrogens with zero attached hydrogens (tertiary/aromatic N) is 1. The molecular formula is C13H19NO2. The monoisotopic (exact) mass is 221 g/mol. The molecule has 3 nitrogen and oxygen atoms in total. The fourth-order valence-electron chi connectivity index (χ4n) is 1.34. The van der Waals surface area contributed by atoms with Gasteiger partial charge in [0.15, 0.2) is 5.75 Å². The third kappa shape index (κ3) is 3.12. The maximum absolute atomic E-state index is 5.81. The highest BCUT2D eigenvalue weighted by molar-refractivity contribution is 5.35. The third-order valence-corrected chi connectivity index (χ3v) is 2.19. The molecule has 1 aromatic heterocycles. The average Bonchev–Trinajstić information content (AvgIpc) is 2.91. The zero-order chi connectivity index (χ0) is 11.8. The van der Waals surface area contributed by atoms with E-state index in [-0.39, 0.29) is 5.60 Å². The van der Waals surface area contributed by atoms with Gasteiger partial charge >= 0.3 is 0 Å². The second-order valence-corrected chi connectivity index (χ2v) is 5.29. The zero-order valence-corrected chi connectivity index (χ0v) is 10.4. The van der Waals surface area contributed by atoms with Gasteiger partial charge in [-0.2, -0.15) is 0 Å². The lowest BCUT2D eigenvalue weighted by molar-refractivity contribution is 0.115. The summed E-state index contributed by atoms with van der Waals surface area (Å²) in [5.41, 5.74) is 0.699. The van der Waals surface area contributed by atoms with E-state index in [4.69, 9.17) is 9.47 Å². The molecule has 0 aromatic carbocycles. The predicted octanol–water partition coefficient (Wildman–Crippen LogP) is 3.11. The highest BCUT2D eigenvalue weighted by Gasteiger charge is 2.26. The molecule has 0 atom stereocenters. The van der Waals surface area contributed by atoms with Crippen LogP contribution in [0.15, 0.2) is 12.1 Å². The second-order valence-electron chi connectivity index (χ2n) is 5.29. The van der Waals surface area contributed by atoms with Crippen LogP contribution >= 0.6 is 0 Å². The Morgan fingerprint density at radius 1 is 1.25 bits per heavy atom. The normalized spacial score (nSPS) is 16.0. The lowest BCUT2D eigenvalue weighted by Crippen LogP contribution is -2.24. The van der Waals surface area contributed by atoms with Crippen LogP contribution in [0.2, 0.25) is 0 Å². The zero-order valence-electron chi connectivity index (χ0n) is 10.4. The fourth-order valence-corrected chi connectivity index (χ4v) is 1.34. The Morgan fingerprint density at radius 3 is 2.50 bits per heavy atom. The first kappa shape index (κ1) is 11.2. The number of aromatic nitrogens is 1. The topological polar surface area (TPSA) is 31.4 Å². The first-order valence-electron chi connectivity index (χ1n) is 5.77. The fraction of sp³-hybridized carbons (Fsp3) is 0.615. The molecule has 1 aliphatic rings. The van der Waals surface area contributed by atoms with Crippen molar-refractivity contribution in [3.8, 4) is 11.6 Å². The van der Waals surface area contributed by atoms with Crippen molar-refractivity contribution < 1.29 is 9.47 Å². The number of pyridine rings is 1. The largest absolute Gasteiger partial charge is 0.485 e. The van der Waals surface area contributed by atoms with Crippen LogP contribution in [-0.2, 0) is 0 Å². The Hall–Kier alpha value is -1.25. The van der Waals surface area contributed by atoms with Gasteiger partial charge in [-0.3, -0.25) is 0 Å². The molecule has 0 saturated heterocycles. The van der Waals surface area contributed by atoms with Crippen molar-refractivity contribution in [1.29, 1.82) is 0 Å². The van der Waals surface area contributed by atoms with Gasteiger partial charge in [-0.05, 0) is 52.7 Å². The summed E-state index contributed by atoms with van der Waals surface area (Å²) >= 11 is 0. The highest BCUT2D eigenvalue weighted by Crippen LogP contribution is 2.33. The van der Waals surface area contributed by atoms with Gasteiger partial charge in [0.25, 0.3) is 5.88 Å². The van der Waals surface area contributed by atoms with Crippen molar-refractivity contribution in [2.75, 3.05) is 0 Å². The Kier molecular flexibility index (Phi) is 2.78. The van der Waals surface area contributed by atoms with E-state index in [9.17, 15) is 0 Å². The molecule has 1 heterocycles. The van der Waals surface area contributed by atoms with Crippen molar-refractivity contribution in [2.45, 2.75) is 52.2 Å². The number of ether oxygens (including phenoxy) is 2. The maximum Gasteiger partial charge on any atom is 0.257 e. The van der Waals surface area contributed by atoms with Gasteiger partial charge < -0.3 is 9.47 Å². The van der Waals surface area contributed by atoms with Gasteiger partial charge in [0.05, 0.1) is 6.10 Å². The first-order chi connectivity index (χ1) is 7.44. The molecule has 1 aliphatic carbocycles. The standard InChI is InChI=1S/C13H19NO2/c1-9-5-8-11(15-10-6-7-10)12(14-9)16-13(2,3)4/h5,8,10H,6-7H2,1-4H3. The maximum atomic E-state index is 5.81. The van der Waals surface area contributed by atoms with E-state index < -0.39 is 0 Å². The molecule has 0 unspecified atom stereocenters. The summed E-state index contributed by atoms with van der Waals surface area (Å²) in [4.78, 5) is 4.39. The van der Waals surface area contributed by atoms with Crippen LogP contribution in [0.25, 0.3) is 0 Å². The molecule has 88 valence electrons. The van der Waals surface area contributed by atoms with E-state index in [0.29, 0.717) is 12.0 Å². The third-order valence-electron chi connectivity index (χ3n) is 2.19. The van der Waals surface area contributed by atoms with Gasteiger partial charge in [0, 0.05) is 5.69 Å². The summed E-state index contributed by atoms with van der Waals surface area (Å²) in [5.74, 6) is 1.38. The Labute approximate surface area is 96.8 Å². The van der Waals surface area contributed by atoms with Crippen molar-refractivity contribution in [3.05, 3.63) is 17.8 Å². The molecule has 1 saturated carbocycles. The van der Waals surface area contributed by atoms with E-state index in [1.54, 1.807) is 0 Å². The molecule has 16 heavy (non-hydrogen) atoms. The minimum Gasteiger partial charge on any atom is -0.485 e. The average molecular weight is 221 g/mol. The summed E-state index contributed by atoms with van der Waals surface area (Å²) in [7, 11) is 0. The van der Waals surface area contributed by atoms with E-state index in [0.717, 1.165) is 24.3 Å². The van der Waals surface area contributed by atoms with Gasteiger partial charge in [0.2, 0.25) is 0 Å². The lowest BCUT2D eigenvalue weighted by Gasteiger charge is -2.22. The van der Waals surface area contributed by atoms with Gasteiger partial charge in [-0.1, -0.05) is 0 Å². The Morgan fingerprint density at radius 2 is 1.94 bits per heavy atom. The number of hydrogen-bond donors (Lipinski definition) is 0. The smallest absolute Gasteiger partial charge is 0.257 e. The molecule has 0 radical (unpaired) electrons. The van der Waals surface area contributed by atoms with E-state index >= 15 is 0 Å². The summed E-state index contributed by atoms with van der Waals surface area (Å²) in [6, 6.07) is 3.90. The van der Waals surface area contributed by atoms with Crippen molar-refractivity contribution in [3.63, 3.8) is 0 Å². The Balaban J connectivity index is 2.20. The van der Waals surface area contributed by atoms with E-state index in [1.807, 2.05) is 39.8 Å². The van der Waals surface area contributed by atoms with Crippen LogP contribution in [0.3, 0.4) is 0 Å². The summed E-state index contributed by atoms with van der Waals surface area (Å²) in [6.45, 7) is 7.99. The summed E-state index contributed by atoms with van der Waals surface area (Å²) in [6.07, 6.45) is 2.65. The molecule has 2 rings (SSSR count). The second kappa shape index (κ2) is 3.96. The molecule has 0 bridgehead atoms. The molecule has 0 spiro atoms. The number of hydrogen-bond acceptors (Lipinski definition) is 3. The van der Waals surface area contributed by atoms with E-state index in [1.165, 1.54) is 0 Å². The first-order valence-corrected chi connectivity index (χ1v) is 5.77. The molecular weight excluding hydrogens is 202 g/mol. The van der Waals surface area contributed by atoms with Gasteiger partial charge in [0.1, 0.15) is 5.60 Å². The lowest BCUT2D eigenvalue weighted by atomic mass is 10.2. The minimum atomic E-state index is -0.248. The van der Waals surface area contributed by atoms with Crippen LogP contribution in [0.4, 0.5) is 0 Å². The molecule has 0 amide bonds. The molecule has 0 aliphatic heterocycles. The number of aryl methyl sites for hydroxylation is 1. The molecule has 3 heteroatoms. The SMILES string of the molecule is Cc1ccc(OC2CC2)c(OC(C)(C)C)n1. The quantitative estimate of drug-likeness (QED) is 0.786. The Bertz CT molecular complexity index is 378.